The lowest BCUT2D eigenvalue weighted by Crippen LogP contribution is -1.91. The lowest BCUT2D eigenvalue weighted by atomic mass is 10.2. The average molecular weight is 343 g/mol. The minimum absolute atomic E-state index is 0.267. The molecule has 23 heavy (non-hydrogen) atoms. The van der Waals surface area contributed by atoms with Crippen molar-refractivity contribution in [1.29, 1.82) is 0 Å². The number of sulfone groups is 1. The molecule has 0 atom stereocenters. The summed E-state index contributed by atoms with van der Waals surface area (Å²) >= 11 is 1.13. The molecule has 1 aromatic carbocycles. The molecular weight excluding hydrogens is 334 g/mol. The summed E-state index contributed by atoms with van der Waals surface area (Å²) in [6.45, 7) is 0. The van der Waals surface area contributed by atoms with E-state index in [1.54, 1.807) is 42.6 Å². The van der Waals surface area contributed by atoms with Gasteiger partial charge in [-0.1, -0.05) is 24.3 Å². The van der Waals surface area contributed by atoms with Crippen LogP contribution in [0.15, 0.2) is 68.6 Å². The highest BCUT2D eigenvalue weighted by Crippen LogP contribution is 2.42. The van der Waals surface area contributed by atoms with Crippen molar-refractivity contribution in [3.63, 3.8) is 0 Å². The summed E-state index contributed by atoms with van der Waals surface area (Å²) in [7, 11) is -3.41. The SMILES string of the molecule is O=S1(=O)C=C(Sc2nnc(-c3ccccn3)o2)c2ccccc21. The van der Waals surface area contributed by atoms with Crippen LogP contribution in [0.1, 0.15) is 5.56 Å². The van der Waals surface area contributed by atoms with E-state index in [1.165, 1.54) is 5.41 Å². The van der Waals surface area contributed by atoms with Gasteiger partial charge in [0.25, 0.3) is 11.1 Å². The first-order valence-corrected chi connectivity index (χ1v) is 8.99. The molecule has 0 unspecified atom stereocenters. The molecule has 8 heteroatoms. The Labute approximate surface area is 136 Å². The predicted molar refractivity (Wildman–Crippen MR) is 85.0 cm³/mol. The molecule has 0 saturated carbocycles. The van der Waals surface area contributed by atoms with Gasteiger partial charge in [0.1, 0.15) is 5.69 Å². The Morgan fingerprint density at radius 2 is 1.83 bits per heavy atom. The van der Waals surface area contributed by atoms with E-state index in [4.69, 9.17) is 4.42 Å². The zero-order valence-electron chi connectivity index (χ0n) is 11.6. The molecule has 0 fully saturated rings. The lowest BCUT2D eigenvalue weighted by Gasteiger charge is -2.00. The van der Waals surface area contributed by atoms with E-state index >= 15 is 0 Å². The maximum Gasteiger partial charge on any atom is 0.281 e. The van der Waals surface area contributed by atoms with Crippen molar-refractivity contribution in [2.75, 3.05) is 0 Å². The van der Waals surface area contributed by atoms with Gasteiger partial charge >= 0.3 is 0 Å². The Morgan fingerprint density at radius 3 is 2.65 bits per heavy atom. The third-order valence-electron chi connectivity index (χ3n) is 3.21. The number of aromatic nitrogens is 3. The van der Waals surface area contributed by atoms with Crippen LogP contribution in [-0.4, -0.2) is 23.6 Å². The number of hydrogen-bond acceptors (Lipinski definition) is 7. The fraction of sp³-hybridized carbons (Fsp3) is 0. The van der Waals surface area contributed by atoms with E-state index in [1.807, 2.05) is 6.07 Å². The van der Waals surface area contributed by atoms with Gasteiger partial charge in [-0.2, -0.15) is 0 Å². The second-order valence-electron chi connectivity index (χ2n) is 4.71. The van der Waals surface area contributed by atoms with Gasteiger partial charge in [0.2, 0.25) is 9.84 Å². The van der Waals surface area contributed by atoms with E-state index in [0.717, 1.165) is 11.8 Å². The molecule has 0 spiro atoms. The quantitative estimate of drug-likeness (QED) is 0.722. The Bertz CT molecular complexity index is 1010. The summed E-state index contributed by atoms with van der Waals surface area (Å²) in [6, 6.07) is 12.2. The number of nitrogens with zero attached hydrogens (tertiary/aromatic N) is 3. The first-order chi connectivity index (χ1) is 11.1. The molecule has 2 aromatic heterocycles. The first-order valence-electron chi connectivity index (χ1n) is 6.62. The zero-order chi connectivity index (χ0) is 15.9. The number of benzene rings is 1. The predicted octanol–water partition coefficient (Wildman–Crippen LogP) is 3.01. The van der Waals surface area contributed by atoms with Gasteiger partial charge in [-0.15, -0.1) is 10.2 Å². The molecule has 0 N–H and O–H groups in total. The summed E-state index contributed by atoms with van der Waals surface area (Å²) < 4.78 is 29.8. The fourth-order valence-corrected chi connectivity index (χ4v) is 4.81. The number of pyridine rings is 1. The molecule has 0 radical (unpaired) electrons. The monoisotopic (exact) mass is 343 g/mol. The second-order valence-corrected chi connectivity index (χ2v) is 7.47. The second kappa shape index (κ2) is 5.32. The molecule has 0 bridgehead atoms. The minimum Gasteiger partial charge on any atom is -0.409 e. The van der Waals surface area contributed by atoms with Gasteiger partial charge in [-0.25, -0.2) is 8.42 Å². The summed E-state index contributed by atoms with van der Waals surface area (Å²) in [5.41, 5.74) is 1.22. The van der Waals surface area contributed by atoms with Crippen molar-refractivity contribution >= 4 is 26.5 Å². The van der Waals surface area contributed by atoms with Crippen molar-refractivity contribution in [1.82, 2.24) is 15.2 Å². The Hall–Kier alpha value is -2.45. The molecular formula is C15H9N3O3S2. The molecule has 0 amide bonds. The first kappa shape index (κ1) is 14.2. The van der Waals surface area contributed by atoms with Crippen LogP contribution in [0.4, 0.5) is 0 Å². The molecule has 1 aliphatic heterocycles. The molecule has 4 rings (SSSR count). The fourth-order valence-electron chi connectivity index (χ4n) is 2.20. The van der Waals surface area contributed by atoms with Crippen molar-refractivity contribution in [2.24, 2.45) is 0 Å². The van der Waals surface area contributed by atoms with Gasteiger partial charge < -0.3 is 4.42 Å². The summed E-state index contributed by atoms with van der Waals surface area (Å²) in [5.74, 6) is 0.294. The van der Waals surface area contributed by atoms with Crippen LogP contribution in [0.3, 0.4) is 0 Å². The molecule has 0 aliphatic carbocycles. The van der Waals surface area contributed by atoms with Crippen LogP contribution >= 0.6 is 11.8 Å². The minimum atomic E-state index is -3.41. The van der Waals surface area contributed by atoms with Crippen molar-refractivity contribution < 1.29 is 12.8 Å². The molecule has 3 heterocycles. The Morgan fingerprint density at radius 1 is 1.00 bits per heavy atom. The van der Waals surface area contributed by atoms with E-state index < -0.39 is 9.84 Å². The summed E-state index contributed by atoms with van der Waals surface area (Å²) in [4.78, 5) is 5.00. The zero-order valence-corrected chi connectivity index (χ0v) is 13.2. The number of hydrogen-bond donors (Lipinski definition) is 0. The molecule has 3 aromatic rings. The lowest BCUT2D eigenvalue weighted by molar-refractivity contribution is 0.465. The van der Waals surface area contributed by atoms with E-state index in [-0.39, 0.29) is 5.22 Å². The van der Waals surface area contributed by atoms with E-state index in [0.29, 0.717) is 26.9 Å². The van der Waals surface area contributed by atoms with Gasteiger partial charge in [0, 0.05) is 16.7 Å². The Balaban J connectivity index is 1.67. The van der Waals surface area contributed by atoms with E-state index in [2.05, 4.69) is 15.2 Å². The largest absolute Gasteiger partial charge is 0.409 e. The molecule has 1 aliphatic rings. The standard InChI is InChI=1S/C15H9N3O3S2/c19-23(20)9-12(10-5-1-2-7-13(10)23)22-15-18-17-14(21-15)11-6-3-4-8-16-11/h1-9H. The van der Waals surface area contributed by atoms with Crippen molar-refractivity contribution in [2.45, 2.75) is 10.1 Å². The van der Waals surface area contributed by atoms with Gasteiger partial charge in [-0.3, -0.25) is 4.98 Å². The van der Waals surface area contributed by atoms with E-state index in [9.17, 15) is 8.42 Å². The topological polar surface area (TPSA) is 86.0 Å². The average Bonchev–Trinajstić information content (AvgIpc) is 3.12. The smallest absolute Gasteiger partial charge is 0.281 e. The van der Waals surface area contributed by atoms with Crippen LogP contribution < -0.4 is 0 Å². The van der Waals surface area contributed by atoms with Crippen LogP contribution in [0.25, 0.3) is 16.5 Å². The summed E-state index contributed by atoms with van der Waals surface area (Å²) in [6.07, 6.45) is 1.63. The molecule has 0 saturated heterocycles. The third kappa shape index (κ3) is 2.55. The third-order valence-corrected chi connectivity index (χ3v) is 5.77. The van der Waals surface area contributed by atoms with Gasteiger partial charge in [0.05, 0.1) is 10.3 Å². The highest BCUT2D eigenvalue weighted by atomic mass is 32.2. The van der Waals surface area contributed by atoms with Crippen LogP contribution in [0, 0.1) is 0 Å². The van der Waals surface area contributed by atoms with Crippen LogP contribution in [0.5, 0.6) is 0 Å². The van der Waals surface area contributed by atoms with Crippen molar-refractivity contribution in [3.05, 3.63) is 59.6 Å². The number of fused-ring (bicyclic) bond motifs is 1. The number of thioether (sulfide) groups is 1. The maximum atomic E-state index is 12.1. The maximum absolute atomic E-state index is 12.1. The highest BCUT2D eigenvalue weighted by molar-refractivity contribution is 8.09. The summed E-state index contributed by atoms with van der Waals surface area (Å²) in [5, 5.41) is 9.39. The van der Waals surface area contributed by atoms with Crippen LogP contribution in [0.2, 0.25) is 0 Å². The Kier molecular flexibility index (Phi) is 3.28. The van der Waals surface area contributed by atoms with Gasteiger partial charge in [0.15, 0.2) is 0 Å². The highest BCUT2D eigenvalue weighted by Gasteiger charge is 2.28. The van der Waals surface area contributed by atoms with Crippen LogP contribution in [-0.2, 0) is 9.84 Å². The number of rotatable bonds is 3. The molecule has 6 nitrogen and oxygen atoms in total. The normalized spacial score (nSPS) is 15.2. The van der Waals surface area contributed by atoms with Crippen molar-refractivity contribution in [3.8, 4) is 11.6 Å². The molecule has 114 valence electrons. The van der Waals surface area contributed by atoms with Gasteiger partial charge in [-0.05, 0) is 30.0 Å².